The fourth-order valence-electron chi connectivity index (χ4n) is 3.21. The minimum absolute atomic E-state index is 0. The second-order valence-electron chi connectivity index (χ2n) is 7.42. The molecule has 1 aliphatic rings. The first kappa shape index (κ1) is 20.7. The third-order valence-corrected chi connectivity index (χ3v) is 4.53. The van der Waals surface area contributed by atoms with Crippen LogP contribution in [0.4, 0.5) is 0 Å². The number of hydrogen-bond donors (Lipinski definition) is 1. The molecule has 142 valence electrons. The van der Waals surface area contributed by atoms with E-state index in [9.17, 15) is 0 Å². The number of aromatic nitrogens is 3. The highest BCUT2D eigenvalue weighted by atomic mass is 127. The first-order valence-electron chi connectivity index (χ1n) is 8.99. The molecule has 0 spiro atoms. The highest BCUT2D eigenvalue weighted by Gasteiger charge is 2.30. The number of likely N-dealkylation sites (tertiary alicyclic amines) is 1. The van der Waals surface area contributed by atoms with Crippen LogP contribution in [0.25, 0.3) is 0 Å². The molecule has 0 atom stereocenters. The molecule has 6 nitrogen and oxygen atoms in total. The molecule has 1 fully saturated rings. The van der Waals surface area contributed by atoms with Crippen molar-refractivity contribution in [3.05, 3.63) is 48.0 Å². The molecule has 1 aromatic carbocycles. The number of halogens is 1. The Kier molecular flexibility index (Phi) is 7.43. The zero-order valence-corrected chi connectivity index (χ0v) is 18.2. The standard InChI is InChI=1S/C19H28N6.HI/c1-4-21-18(24-9-8-19(2,3)13-24)22-11-16-6-5-7-17(10-16)12-25-15-20-14-23-25;/h5-7,10,14-15H,4,8-9,11-13H2,1-3H3,(H,21,22);1H. The third-order valence-electron chi connectivity index (χ3n) is 4.53. The van der Waals surface area contributed by atoms with Gasteiger partial charge in [-0.3, -0.25) is 0 Å². The predicted octanol–water partition coefficient (Wildman–Crippen LogP) is 3.14. The lowest BCUT2D eigenvalue weighted by Crippen LogP contribution is -2.40. The SMILES string of the molecule is CCNC(=NCc1cccc(Cn2cncn2)c1)N1CCC(C)(C)C1.I. The molecule has 0 aliphatic carbocycles. The van der Waals surface area contributed by atoms with Crippen molar-refractivity contribution in [1.82, 2.24) is 25.0 Å². The smallest absolute Gasteiger partial charge is 0.194 e. The summed E-state index contributed by atoms with van der Waals surface area (Å²) in [7, 11) is 0. The zero-order chi connectivity index (χ0) is 17.7. The van der Waals surface area contributed by atoms with E-state index in [1.165, 1.54) is 17.5 Å². The van der Waals surface area contributed by atoms with Crippen molar-refractivity contribution in [2.75, 3.05) is 19.6 Å². The predicted molar refractivity (Wildman–Crippen MR) is 116 cm³/mol. The monoisotopic (exact) mass is 468 g/mol. The Labute approximate surface area is 173 Å². The summed E-state index contributed by atoms with van der Waals surface area (Å²) in [5.41, 5.74) is 2.80. The molecule has 1 aromatic heterocycles. The van der Waals surface area contributed by atoms with Crippen LogP contribution in [-0.2, 0) is 13.1 Å². The van der Waals surface area contributed by atoms with Gasteiger partial charge in [-0.2, -0.15) is 5.10 Å². The minimum Gasteiger partial charge on any atom is -0.357 e. The molecule has 0 unspecified atom stereocenters. The van der Waals surface area contributed by atoms with E-state index in [1.807, 2.05) is 4.68 Å². The van der Waals surface area contributed by atoms with Crippen LogP contribution in [0.1, 0.15) is 38.3 Å². The quantitative estimate of drug-likeness (QED) is 0.416. The summed E-state index contributed by atoms with van der Waals surface area (Å²) in [5.74, 6) is 1.02. The Morgan fingerprint density at radius 2 is 2.12 bits per heavy atom. The van der Waals surface area contributed by atoms with E-state index < -0.39 is 0 Å². The number of rotatable bonds is 5. The Balaban J connectivity index is 0.00000243. The van der Waals surface area contributed by atoms with Crippen LogP contribution in [0.15, 0.2) is 41.9 Å². The van der Waals surface area contributed by atoms with E-state index in [0.29, 0.717) is 12.0 Å². The average Bonchev–Trinajstić information content (AvgIpc) is 3.21. The van der Waals surface area contributed by atoms with Gasteiger partial charge in [0.25, 0.3) is 0 Å². The van der Waals surface area contributed by atoms with Gasteiger partial charge in [-0.25, -0.2) is 14.7 Å². The van der Waals surface area contributed by atoms with E-state index in [-0.39, 0.29) is 24.0 Å². The first-order valence-corrected chi connectivity index (χ1v) is 8.99. The minimum atomic E-state index is 0. The molecule has 0 saturated carbocycles. The van der Waals surface area contributed by atoms with Crippen LogP contribution in [0, 0.1) is 5.41 Å². The van der Waals surface area contributed by atoms with E-state index >= 15 is 0 Å². The van der Waals surface area contributed by atoms with Crippen LogP contribution in [0.2, 0.25) is 0 Å². The zero-order valence-electron chi connectivity index (χ0n) is 15.9. The number of guanidine groups is 1. The molecule has 1 saturated heterocycles. The fraction of sp³-hybridized carbons (Fsp3) is 0.526. The van der Waals surface area contributed by atoms with E-state index in [2.05, 4.69) is 65.3 Å². The Morgan fingerprint density at radius 3 is 2.77 bits per heavy atom. The van der Waals surface area contributed by atoms with Gasteiger partial charge in [0.05, 0.1) is 13.1 Å². The van der Waals surface area contributed by atoms with Crippen molar-refractivity contribution in [1.29, 1.82) is 0 Å². The van der Waals surface area contributed by atoms with E-state index in [1.54, 1.807) is 12.7 Å². The van der Waals surface area contributed by atoms with Gasteiger partial charge < -0.3 is 10.2 Å². The fourth-order valence-corrected chi connectivity index (χ4v) is 3.21. The second-order valence-corrected chi connectivity index (χ2v) is 7.42. The average molecular weight is 468 g/mol. The highest BCUT2D eigenvalue weighted by Crippen LogP contribution is 2.28. The van der Waals surface area contributed by atoms with Crippen LogP contribution in [0.3, 0.4) is 0 Å². The molecule has 0 radical (unpaired) electrons. The molecular formula is C19H29IN6. The number of aliphatic imine (C=N–C) groups is 1. The molecule has 0 amide bonds. The molecule has 1 N–H and O–H groups in total. The largest absolute Gasteiger partial charge is 0.357 e. The summed E-state index contributed by atoms with van der Waals surface area (Å²) in [6.45, 7) is 11.2. The van der Waals surface area contributed by atoms with Gasteiger partial charge in [-0.15, -0.1) is 24.0 Å². The lowest BCUT2D eigenvalue weighted by atomic mass is 9.93. The van der Waals surface area contributed by atoms with Gasteiger partial charge in [0.2, 0.25) is 0 Å². The van der Waals surface area contributed by atoms with Crippen LogP contribution >= 0.6 is 24.0 Å². The molecule has 26 heavy (non-hydrogen) atoms. The summed E-state index contributed by atoms with van der Waals surface area (Å²) >= 11 is 0. The second kappa shape index (κ2) is 9.34. The summed E-state index contributed by atoms with van der Waals surface area (Å²) < 4.78 is 1.83. The van der Waals surface area contributed by atoms with Gasteiger partial charge in [0.15, 0.2) is 5.96 Å². The molecule has 3 rings (SSSR count). The molecule has 0 bridgehead atoms. The third kappa shape index (κ3) is 5.69. The summed E-state index contributed by atoms with van der Waals surface area (Å²) in [5, 5.41) is 7.60. The highest BCUT2D eigenvalue weighted by molar-refractivity contribution is 14.0. The molecule has 2 heterocycles. The number of benzene rings is 1. The molecular weight excluding hydrogens is 439 g/mol. The Bertz CT molecular complexity index is 711. The maximum atomic E-state index is 4.87. The van der Waals surface area contributed by atoms with Crippen LogP contribution in [-0.4, -0.2) is 45.3 Å². The van der Waals surface area contributed by atoms with Crippen molar-refractivity contribution >= 4 is 29.9 Å². The molecule has 1 aliphatic heterocycles. The van der Waals surface area contributed by atoms with Crippen LogP contribution < -0.4 is 5.32 Å². The molecule has 2 aromatic rings. The normalized spacial score (nSPS) is 16.4. The van der Waals surface area contributed by atoms with Gasteiger partial charge in [0, 0.05) is 19.6 Å². The van der Waals surface area contributed by atoms with Crippen molar-refractivity contribution in [3.8, 4) is 0 Å². The van der Waals surface area contributed by atoms with Gasteiger partial charge in [-0.1, -0.05) is 38.1 Å². The van der Waals surface area contributed by atoms with Gasteiger partial charge in [0.1, 0.15) is 12.7 Å². The Morgan fingerprint density at radius 1 is 1.31 bits per heavy atom. The van der Waals surface area contributed by atoms with Crippen molar-refractivity contribution in [2.45, 2.75) is 40.3 Å². The number of hydrogen-bond acceptors (Lipinski definition) is 3. The maximum absolute atomic E-state index is 4.87. The van der Waals surface area contributed by atoms with E-state index in [0.717, 1.165) is 32.1 Å². The van der Waals surface area contributed by atoms with Crippen molar-refractivity contribution < 1.29 is 0 Å². The van der Waals surface area contributed by atoms with Crippen LogP contribution in [0.5, 0.6) is 0 Å². The van der Waals surface area contributed by atoms with Crippen molar-refractivity contribution in [3.63, 3.8) is 0 Å². The number of nitrogens with zero attached hydrogens (tertiary/aromatic N) is 5. The molecule has 7 heteroatoms. The lowest BCUT2D eigenvalue weighted by Gasteiger charge is -2.23. The van der Waals surface area contributed by atoms with Crippen molar-refractivity contribution in [2.24, 2.45) is 10.4 Å². The summed E-state index contributed by atoms with van der Waals surface area (Å²) in [4.78, 5) is 11.2. The Hall–Kier alpha value is -1.64. The number of nitrogens with one attached hydrogen (secondary N) is 1. The maximum Gasteiger partial charge on any atom is 0.194 e. The van der Waals surface area contributed by atoms with E-state index in [4.69, 9.17) is 4.99 Å². The summed E-state index contributed by atoms with van der Waals surface area (Å²) in [6.07, 6.45) is 4.52. The van der Waals surface area contributed by atoms with Gasteiger partial charge >= 0.3 is 0 Å². The van der Waals surface area contributed by atoms with Gasteiger partial charge in [-0.05, 0) is 29.9 Å². The summed E-state index contributed by atoms with van der Waals surface area (Å²) in [6, 6.07) is 8.53. The first-order chi connectivity index (χ1) is 12.1. The topological polar surface area (TPSA) is 58.3 Å². The lowest BCUT2D eigenvalue weighted by molar-refractivity contribution is 0.370.